The molecule has 0 bridgehead atoms. The van der Waals surface area contributed by atoms with Crippen LogP contribution in [0.15, 0.2) is 59.1 Å². The van der Waals surface area contributed by atoms with Crippen LogP contribution in [0.3, 0.4) is 0 Å². The van der Waals surface area contributed by atoms with E-state index in [-0.39, 0.29) is 17.4 Å². The predicted octanol–water partition coefficient (Wildman–Crippen LogP) is 4.91. The van der Waals surface area contributed by atoms with Crippen molar-refractivity contribution in [2.24, 2.45) is 0 Å². The van der Waals surface area contributed by atoms with Gasteiger partial charge in [-0.1, -0.05) is 58.4 Å². The predicted molar refractivity (Wildman–Crippen MR) is 89.9 cm³/mol. The second-order valence-corrected chi connectivity index (χ2v) is 5.99. The van der Waals surface area contributed by atoms with Gasteiger partial charge >= 0.3 is 6.18 Å². The molecule has 0 aliphatic rings. The summed E-state index contributed by atoms with van der Waals surface area (Å²) in [6.07, 6.45) is -4.48. The maximum Gasteiger partial charge on any atom is 0.422 e. The fourth-order valence-corrected chi connectivity index (χ4v) is 2.49. The van der Waals surface area contributed by atoms with Crippen molar-refractivity contribution in [1.82, 2.24) is 15.2 Å². The highest BCUT2D eigenvalue weighted by Crippen LogP contribution is 2.29. The van der Waals surface area contributed by atoms with Gasteiger partial charge < -0.3 is 4.74 Å². The quantitative estimate of drug-likeness (QED) is 0.614. The van der Waals surface area contributed by atoms with Gasteiger partial charge in [0.05, 0.1) is 0 Å². The number of aromatic nitrogens is 3. The Morgan fingerprint density at radius 2 is 1.64 bits per heavy atom. The molecule has 0 radical (unpaired) electrons. The molecule has 0 amide bonds. The number of benzene rings is 2. The van der Waals surface area contributed by atoms with Crippen molar-refractivity contribution in [2.45, 2.75) is 6.18 Å². The first-order valence-electron chi connectivity index (χ1n) is 7.18. The molecule has 8 heteroatoms. The molecule has 3 rings (SSSR count). The van der Waals surface area contributed by atoms with Gasteiger partial charge in [0, 0.05) is 15.6 Å². The third-order valence-corrected chi connectivity index (χ3v) is 3.65. The van der Waals surface area contributed by atoms with Crippen molar-refractivity contribution < 1.29 is 17.9 Å². The minimum absolute atomic E-state index is 0.156. The molecule has 128 valence electrons. The van der Waals surface area contributed by atoms with Gasteiger partial charge in [-0.25, -0.2) is 0 Å². The highest BCUT2D eigenvalue weighted by Gasteiger charge is 2.29. The molecule has 0 aliphatic heterocycles. The van der Waals surface area contributed by atoms with Crippen LogP contribution < -0.4 is 4.74 Å². The zero-order valence-electron chi connectivity index (χ0n) is 12.7. The molecule has 4 nitrogen and oxygen atoms in total. The fraction of sp³-hybridized carbons (Fsp3) is 0.118. The van der Waals surface area contributed by atoms with Crippen molar-refractivity contribution >= 4 is 15.9 Å². The number of hydrogen-bond donors (Lipinski definition) is 0. The summed E-state index contributed by atoms with van der Waals surface area (Å²) in [7, 11) is 0. The molecule has 0 atom stereocenters. The normalized spacial score (nSPS) is 11.4. The molecular weight excluding hydrogens is 399 g/mol. The van der Waals surface area contributed by atoms with Gasteiger partial charge in [0.15, 0.2) is 18.1 Å². The molecule has 0 unspecified atom stereocenters. The lowest BCUT2D eigenvalue weighted by Crippen LogP contribution is -2.20. The summed E-state index contributed by atoms with van der Waals surface area (Å²) < 4.78 is 43.4. The maximum atomic E-state index is 12.6. The smallest absolute Gasteiger partial charge is 0.422 e. The molecule has 25 heavy (non-hydrogen) atoms. The van der Waals surface area contributed by atoms with E-state index in [0.29, 0.717) is 11.1 Å². The molecule has 1 aromatic heterocycles. The Balaban J connectivity index is 2.04. The molecule has 3 aromatic rings. The van der Waals surface area contributed by atoms with Crippen LogP contribution in [0, 0.1) is 0 Å². The van der Waals surface area contributed by atoms with Crippen LogP contribution in [0.5, 0.6) is 5.88 Å². The monoisotopic (exact) mass is 409 g/mol. The average molecular weight is 410 g/mol. The number of rotatable bonds is 4. The van der Waals surface area contributed by atoms with E-state index in [4.69, 9.17) is 4.74 Å². The van der Waals surface area contributed by atoms with Gasteiger partial charge in [-0.3, -0.25) is 0 Å². The molecule has 0 spiro atoms. The molecule has 0 saturated carbocycles. The Hall–Kier alpha value is -2.48. The summed E-state index contributed by atoms with van der Waals surface area (Å²) in [5.41, 5.74) is 1.34. The highest BCUT2D eigenvalue weighted by atomic mass is 79.9. The van der Waals surface area contributed by atoms with E-state index in [1.54, 1.807) is 48.5 Å². The Bertz CT molecular complexity index is 873. The second kappa shape index (κ2) is 7.18. The summed E-state index contributed by atoms with van der Waals surface area (Å²) in [4.78, 5) is 4.15. The van der Waals surface area contributed by atoms with Gasteiger partial charge in [0.25, 0.3) is 0 Å². The van der Waals surface area contributed by atoms with Crippen molar-refractivity contribution in [2.75, 3.05) is 6.61 Å². The molecular formula is C17H11BrF3N3O. The minimum Gasteiger partial charge on any atom is -0.466 e. The molecule has 0 aliphatic carbocycles. The molecule has 2 aromatic carbocycles. The van der Waals surface area contributed by atoms with Crippen LogP contribution in [-0.4, -0.2) is 28.0 Å². The molecule has 0 N–H and O–H groups in total. The van der Waals surface area contributed by atoms with Gasteiger partial charge in [0.1, 0.15) is 0 Å². The van der Waals surface area contributed by atoms with Crippen LogP contribution in [-0.2, 0) is 0 Å². The topological polar surface area (TPSA) is 47.9 Å². The lowest BCUT2D eigenvalue weighted by atomic mass is 10.1. The van der Waals surface area contributed by atoms with Crippen molar-refractivity contribution in [3.63, 3.8) is 0 Å². The largest absolute Gasteiger partial charge is 0.466 e. The number of alkyl halides is 3. The van der Waals surface area contributed by atoms with E-state index in [2.05, 4.69) is 31.1 Å². The summed E-state index contributed by atoms with van der Waals surface area (Å²) in [6.45, 7) is -1.45. The molecule has 1 heterocycles. The standard InChI is InChI=1S/C17H11BrF3N3O/c18-13-8-4-7-12(9-13)15-22-16(25-10-17(19,20)21)14(23-24-15)11-5-2-1-3-6-11/h1-9H,10H2. The first-order chi connectivity index (χ1) is 11.9. The van der Waals surface area contributed by atoms with Crippen LogP contribution in [0.2, 0.25) is 0 Å². The maximum absolute atomic E-state index is 12.6. The van der Waals surface area contributed by atoms with E-state index in [1.807, 2.05) is 6.07 Å². The van der Waals surface area contributed by atoms with E-state index < -0.39 is 12.8 Å². The summed E-state index contributed by atoms with van der Waals surface area (Å²) in [6, 6.07) is 15.7. The SMILES string of the molecule is FC(F)(F)COc1nc(-c2cccc(Br)c2)nnc1-c1ccccc1. The zero-order valence-corrected chi connectivity index (χ0v) is 14.3. The summed E-state index contributed by atoms with van der Waals surface area (Å²) in [5.74, 6) is -0.0355. The summed E-state index contributed by atoms with van der Waals surface area (Å²) in [5, 5.41) is 8.06. The van der Waals surface area contributed by atoms with E-state index in [9.17, 15) is 13.2 Å². The van der Waals surface area contributed by atoms with Gasteiger partial charge in [0.2, 0.25) is 5.88 Å². The number of hydrogen-bond acceptors (Lipinski definition) is 4. The van der Waals surface area contributed by atoms with E-state index >= 15 is 0 Å². The van der Waals surface area contributed by atoms with Gasteiger partial charge in [-0.15, -0.1) is 10.2 Å². The Morgan fingerprint density at radius 3 is 2.32 bits per heavy atom. The van der Waals surface area contributed by atoms with E-state index in [1.165, 1.54) is 0 Å². The van der Waals surface area contributed by atoms with Crippen LogP contribution >= 0.6 is 15.9 Å². The van der Waals surface area contributed by atoms with Crippen molar-refractivity contribution in [3.8, 4) is 28.5 Å². The number of ether oxygens (including phenoxy) is 1. The summed E-state index contributed by atoms with van der Waals surface area (Å²) >= 11 is 3.33. The third-order valence-electron chi connectivity index (χ3n) is 3.16. The minimum atomic E-state index is -4.48. The van der Waals surface area contributed by atoms with Crippen molar-refractivity contribution in [1.29, 1.82) is 0 Å². The fourth-order valence-electron chi connectivity index (χ4n) is 2.09. The highest BCUT2D eigenvalue weighted by molar-refractivity contribution is 9.10. The van der Waals surface area contributed by atoms with Gasteiger partial charge in [-0.05, 0) is 12.1 Å². The van der Waals surface area contributed by atoms with Crippen LogP contribution in [0.25, 0.3) is 22.6 Å². The van der Waals surface area contributed by atoms with Crippen LogP contribution in [0.4, 0.5) is 13.2 Å². The second-order valence-electron chi connectivity index (χ2n) is 5.07. The lowest BCUT2D eigenvalue weighted by Gasteiger charge is -2.12. The van der Waals surface area contributed by atoms with Crippen molar-refractivity contribution in [3.05, 3.63) is 59.1 Å². The first kappa shape index (κ1) is 17.3. The molecule has 0 fully saturated rings. The number of nitrogens with zero attached hydrogens (tertiary/aromatic N) is 3. The Morgan fingerprint density at radius 1 is 0.920 bits per heavy atom. The Labute approximate surface area is 149 Å². The average Bonchev–Trinajstić information content (AvgIpc) is 2.60. The zero-order chi connectivity index (χ0) is 17.9. The lowest BCUT2D eigenvalue weighted by molar-refractivity contribution is -0.154. The Kier molecular flexibility index (Phi) is 4.98. The third kappa shape index (κ3) is 4.54. The van der Waals surface area contributed by atoms with E-state index in [0.717, 1.165) is 4.47 Å². The molecule has 0 saturated heterocycles. The van der Waals surface area contributed by atoms with Crippen LogP contribution in [0.1, 0.15) is 0 Å². The van der Waals surface area contributed by atoms with Gasteiger partial charge in [-0.2, -0.15) is 18.2 Å². The number of halogens is 4. The first-order valence-corrected chi connectivity index (χ1v) is 7.97.